The number of nitrogens with zero attached hydrogens (tertiary/aromatic N) is 5. The third kappa shape index (κ3) is 5.06. The summed E-state index contributed by atoms with van der Waals surface area (Å²) in [5.41, 5.74) is 1.91. The van der Waals surface area contributed by atoms with Crippen molar-refractivity contribution in [1.29, 1.82) is 0 Å². The molecular weight excluding hydrogens is 451 g/mol. The van der Waals surface area contributed by atoms with Gasteiger partial charge in [0.15, 0.2) is 17.8 Å². The van der Waals surface area contributed by atoms with Crippen molar-refractivity contribution in [2.24, 2.45) is 0 Å². The summed E-state index contributed by atoms with van der Waals surface area (Å²) in [6, 6.07) is 13.8. The number of carbonyl (C=O) groups excluding carboxylic acids is 1. The summed E-state index contributed by atoms with van der Waals surface area (Å²) in [6.07, 6.45) is 1.33. The van der Waals surface area contributed by atoms with Crippen molar-refractivity contribution in [2.45, 2.75) is 32.2 Å². The molecule has 0 spiro atoms. The second-order valence-electron chi connectivity index (χ2n) is 8.76. The average Bonchev–Trinajstić information content (AvgIpc) is 3.26. The van der Waals surface area contributed by atoms with Crippen LogP contribution in [0.25, 0.3) is 11.2 Å². The van der Waals surface area contributed by atoms with Gasteiger partial charge in [0.2, 0.25) is 0 Å². The Morgan fingerprint density at radius 3 is 2.74 bits per heavy atom. The zero-order valence-electron chi connectivity index (χ0n) is 19.3. The number of carbonyl (C=O) groups is 1. The molecule has 2 aromatic carbocycles. The summed E-state index contributed by atoms with van der Waals surface area (Å²) in [5, 5.41) is 8.00. The van der Waals surface area contributed by atoms with Crippen LogP contribution < -0.4 is 10.3 Å². The molecule has 10 heteroatoms. The van der Waals surface area contributed by atoms with Crippen molar-refractivity contribution in [3.63, 3.8) is 0 Å². The number of ether oxygens (including phenoxy) is 1. The number of piperidine rings is 1. The smallest absolute Gasteiger partial charge is 0.281 e. The van der Waals surface area contributed by atoms with Crippen LogP contribution in [0.15, 0.2) is 53.3 Å². The van der Waals surface area contributed by atoms with Crippen LogP contribution in [0.1, 0.15) is 35.7 Å². The van der Waals surface area contributed by atoms with Gasteiger partial charge >= 0.3 is 0 Å². The van der Waals surface area contributed by atoms with Gasteiger partial charge in [-0.1, -0.05) is 29.5 Å². The minimum absolute atomic E-state index is 0.00800. The minimum atomic E-state index is -0.361. The monoisotopic (exact) mass is 476 g/mol. The highest BCUT2D eigenvalue weighted by Gasteiger charge is 2.26. The molecule has 1 aliphatic rings. The maximum Gasteiger partial charge on any atom is 0.281 e. The average molecular weight is 477 g/mol. The molecule has 5 rings (SSSR count). The summed E-state index contributed by atoms with van der Waals surface area (Å²) in [7, 11) is 0. The highest BCUT2D eigenvalue weighted by atomic mass is 19.1. The normalized spacial score (nSPS) is 14.4. The van der Waals surface area contributed by atoms with Crippen molar-refractivity contribution in [3.05, 3.63) is 81.7 Å². The van der Waals surface area contributed by atoms with Gasteiger partial charge in [0.25, 0.3) is 11.5 Å². The fraction of sp³-hybridized carbons (Fsp3) is 0.320. The first-order chi connectivity index (χ1) is 17.0. The van der Waals surface area contributed by atoms with Gasteiger partial charge in [0, 0.05) is 19.0 Å². The number of aryl methyl sites for hydroxylation is 1. The Hall–Kier alpha value is -4.08. The van der Waals surface area contributed by atoms with E-state index >= 15 is 0 Å². The molecule has 0 unspecified atom stereocenters. The van der Waals surface area contributed by atoms with Gasteiger partial charge < -0.3 is 14.6 Å². The van der Waals surface area contributed by atoms with E-state index in [-0.39, 0.29) is 41.9 Å². The van der Waals surface area contributed by atoms with Gasteiger partial charge in [-0.2, -0.15) is 0 Å². The summed E-state index contributed by atoms with van der Waals surface area (Å²) in [6.45, 7) is 3.30. The van der Waals surface area contributed by atoms with Crippen LogP contribution in [-0.4, -0.2) is 55.5 Å². The fourth-order valence-electron chi connectivity index (χ4n) is 4.34. The number of aromatic amines is 1. The highest BCUT2D eigenvalue weighted by molar-refractivity contribution is 5.78. The number of fused-ring (bicyclic) bond motifs is 1. The number of benzene rings is 2. The number of amides is 1. The van der Waals surface area contributed by atoms with E-state index < -0.39 is 0 Å². The molecule has 1 amide bonds. The van der Waals surface area contributed by atoms with Crippen LogP contribution in [0, 0.1) is 12.7 Å². The molecule has 1 N–H and O–H groups in total. The molecule has 0 saturated carbocycles. The van der Waals surface area contributed by atoms with E-state index in [0.29, 0.717) is 48.7 Å². The molecule has 2 aromatic heterocycles. The van der Waals surface area contributed by atoms with E-state index in [0.717, 1.165) is 5.56 Å². The van der Waals surface area contributed by atoms with E-state index in [1.165, 1.54) is 16.8 Å². The predicted octanol–water partition coefficient (Wildman–Crippen LogP) is 2.80. The Morgan fingerprint density at radius 1 is 1.17 bits per heavy atom. The van der Waals surface area contributed by atoms with Crippen LogP contribution in [0.3, 0.4) is 0 Å². The summed E-state index contributed by atoms with van der Waals surface area (Å²) >= 11 is 0. The van der Waals surface area contributed by atoms with Crippen LogP contribution in [0.5, 0.6) is 5.75 Å². The van der Waals surface area contributed by atoms with Crippen LogP contribution in [0.4, 0.5) is 4.39 Å². The molecular formula is C25H25FN6O3. The van der Waals surface area contributed by atoms with Crippen molar-refractivity contribution in [2.75, 3.05) is 19.7 Å². The number of hydrogen-bond acceptors (Lipinski definition) is 6. The molecule has 9 nitrogen and oxygen atoms in total. The Morgan fingerprint density at radius 2 is 1.97 bits per heavy atom. The van der Waals surface area contributed by atoms with Crippen LogP contribution in [0.2, 0.25) is 0 Å². The van der Waals surface area contributed by atoms with Crippen molar-refractivity contribution >= 4 is 17.1 Å². The van der Waals surface area contributed by atoms with Gasteiger partial charge in [0.1, 0.15) is 17.4 Å². The highest BCUT2D eigenvalue weighted by Crippen LogP contribution is 2.26. The van der Waals surface area contributed by atoms with Crippen molar-refractivity contribution in [1.82, 2.24) is 29.9 Å². The quantitative estimate of drug-likeness (QED) is 0.459. The topological polar surface area (TPSA) is 106 Å². The van der Waals surface area contributed by atoms with Gasteiger partial charge in [-0.15, -0.1) is 5.10 Å². The van der Waals surface area contributed by atoms with Gasteiger partial charge in [-0.05, 0) is 55.2 Å². The molecule has 180 valence electrons. The summed E-state index contributed by atoms with van der Waals surface area (Å²) in [5.74, 6) is 0.801. The lowest BCUT2D eigenvalue weighted by atomic mass is 9.96. The Balaban J connectivity index is 1.25. The Kier molecular flexibility index (Phi) is 6.26. The first-order valence-electron chi connectivity index (χ1n) is 11.5. The standard InChI is InChI=1S/C25H25FN6O3/c1-16-4-2-7-20(12-16)35-15-21(33)31-10-8-18(9-11-31)23-27-24-22(25(34)28-23)29-30-32(24)14-17-5-3-6-19(26)13-17/h2-7,12-13,18H,8-11,14-15H2,1H3,(H,27,28,34). The van der Waals surface area contributed by atoms with E-state index in [1.807, 2.05) is 31.2 Å². The molecule has 1 fully saturated rings. The molecule has 1 aliphatic heterocycles. The second kappa shape index (κ2) is 9.65. The van der Waals surface area contributed by atoms with E-state index in [9.17, 15) is 14.0 Å². The lowest BCUT2D eigenvalue weighted by Gasteiger charge is -2.31. The number of rotatable bonds is 6. The van der Waals surface area contributed by atoms with Gasteiger partial charge in [0.05, 0.1) is 6.54 Å². The summed E-state index contributed by atoms with van der Waals surface area (Å²) in [4.78, 5) is 34.5. The molecule has 0 atom stereocenters. The third-order valence-corrected chi connectivity index (χ3v) is 6.20. The van der Waals surface area contributed by atoms with E-state index in [1.54, 1.807) is 17.0 Å². The molecule has 0 radical (unpaired) electrons. The number of H-pyrrole nitrogens is 1. The van der Waals surface area contributed by atoms with E-state index in [2.05, 4.69) is 20.3 Å². The lowest BCUT2D eigenvalue weighted by molar-refractivity contribution is -0.134. The second-order valence-corrected chi connectivity index (χ2v) is 8.76. The third-order valence-electron chi connectivity index (χ3n) is 6.20. The number of aromatic nitrogens is 5. The SMILES string of the molecule is Cc1cccc(OCC(=O)N2CCC(c3nc4c(nnn4Cc4cccc(F)c4)c(=O)[nH]3)CC2)c1. The number of likely N-dealkylation sites (tertiary alicyclic amines) is 1. The maximum atomic E-state index is 13.6. The van der Waals surface area contributed by atoms with Crippen molar-refractivity contribution in [3.8, 4) is 5.75 Å². The number of halogens is 1. The number of nitrogens with one attached hydrogen (secondary N) is 1. The molecule has 0 aliphatic carbocycles. The molecule has 0 bridgehead atoms. The largest absolute Gasteiger partial charge is 0.484 e. The summed E-state index contributed by atoms with van der Waals surface area (Å²) < 4.78 is 20.7. The minimum Gasteiger partial charge on any atom is -0.484 e. The lowest BCUT2D eigenvalue weighted by Crippen LogP contribution is -2.41. The zero-order valence-corrected chi connectivity index (χ0v) is 19.3. The van der Waals surface area contributed by atoms with E-state index in [4.69, 9.17) is 4.74 Å². The van der Waals surface area contributed by atoms with Crippen LogP contribution in [-0.2, 0) is 11.3 Å². The molecule has 1 saturated heterocycles. The Bertz CT molecular complexity index is 1420. The first-order valence-corrected chi connectivity index (χ1v) is 11.5. The molecule has 4 aromatic rings. The fourth-order valence-corrected chi connectivity index (χ4v) is 4.34. The number of hydrogen-bond donors (Lipinski definition) is 1. The first kappa shape index (κ1) is 22.7. The van der Waals surface area contributed by atoms with Gasteiger partial charge in [-0.3, -0.25) is 9.59 Å². The zero-order chi connectivity index (χ0) is 24.4. The molecule has 3 heterocycles. The predicted molar refractivity (Wildman–Crippen MR) is 127 cm³/mol. The molecule has 35 heavy (non-hydrogen) atoms. The maximum absolute atomic E-state index is 13.6. The Labute approximate surface area is 200 Å². The van der Waals surface area contributed by atoms with Gasteiger partial charge in [-0.25, -0.2) is 14.1 Å². The van der Waals surface area contributed by atoms with Crippen molar-refractivity contribution < 1.29 is 13.9 Å². The van der Waals surface area contributed by atoms with Crippen LogP contribution >= 0.6 is 0 Å².